The van der Waals surface area contributed by atoms with Crippen LogP contribution < -0.4 is 5.30 Å². The van der Waals surface area contributed by atoms with Crippen LogP contribution in [0.3, 0.4) is 0 Å². The average molecular weight is 220 g/mol. The molecular formula is C14H21P. The highest BCUT2D eigenvalue weighted by molar-refractivity contribution is 7.65. The van der Waals surface area contributed by atoms with Gasteiger partial charge in [-0.15, -0.1) is 0 Å². The third-order valence-corrected chi connectivity index (χ3v) is 6.29. The Balaban J connectivity index is 2.05. The van der Waals surface area contributed by atoms with E-state index in [1.54, 1.807) is 5.30 Å². The van der Waals surface area contributed by atoms with Gasteiger partial charge in [0, 0.05) is 0 Å². The molecule has 0 aromatic heterocycles. The van der Waals surface area contributed by atoms with Crippen molar-refractivity contribution in [3.8, 4) is 0 Å². The minimum absolute atomic E-state index is 0.0938. The van der Waals surface area contributed by atoms with Crippen LogP contribution in [-0.2, 0) is 0 Å². The molecule has 1 aromatic carbocycles. The predicted molar refractivity (Wildman–Crippen MR) is 70.5 cm³/mol. The first kappa shape index (κ1) is 11.1. The lowest BCUT2D eigenvalue weighted by Gasteiger charge is -2.28. The van der Waals surface area contributed by atoms with Gasteiger partial charge in [0.15, 0.2) is 0 Å². The summed E-state index contributed by atoms with van der Waals surface area (Å²) in [7, 11) is 0.0938. The van der Waals surface area contributed by atoms with Gasteiger partial charge in [-0.25, -0.2) is 0 Å². The van der Waals surface area contributed by atoms with E-state index >= 15 is 0 Å². The van der Waals surface area contributed by atoms with Gasteiger partial charge in [-0.05, 0) is 37.4 Å². The van der Waals surface area contributed by atoms with Crippen LogP contribution in [0.25, 0.3) is 0 Å². The van der Waals surface area contributed by atoms with Gasteiger partial charge in [-0.1, -0.05) is 57.0 Å². The number of hydrogen-bond donors (Lipinski definition) is 0. The maximum absolute atomic E-state index is 2.47. The van der Waals surface area contributed by atoms with E-state index in [4.69, 9.17) is 0 Å². The molecule has 1 aliphatic rings. The monoisotopic (exact) mass is 220 g/mol. The van der Waals surface area contributed by atoms with Crippen molar-refractivity contribution in [2.45, 2.75) is 44.7 Å². The molecule has 0 aliphatic heterocycles. The molecule has 1 unspecified atom stereocenters. The van der Waals surface area contributed by atoms with E-state index < -0.39 is 0 Å². The van der Waals surface area contributed by atoms with Crippen molar-refractivity contribution >= 4 is 13.2 Å². The molecule has 2 rings (SSSR count). The summed E-state index contributed by atoms with van der Waals surface area (Å²) in [6.07, 6.45) is 7.33. The molecule has 0 bridgehead atoms. The van der Waals surface area contributed by atoms with E-state index in [-0.39, 0.29) is 7.92 Å². The molecular weight excluding hydrogens is 199 g/mol. The Morgan fingerprint density at radius 1 is 1.00 bits per heavy atom. The summed E-state index contributed by atoms with van der Waals surface area (Å²) >= 11 is 0. The van der Waals surface area contributed by atoms with Crippen molar-refractivity contribution in [3.63, 3.8) is 0 Å². The molecule has 1 fully saturated rings. The Morgan fingerprint density at radius 2 is 1.60 bits per heavy atom. The molecule has 1 aromatic rings. The van der Waals surface area contributed by atoms with Crippen molar-refractivity contribution in [2.24, 2.45) is 0 Å². The summed E-state index contributed by atoms with van der Waals surface area (Å²) in [5.41, 5.74) is 2.38. The fourth-order valence-electron chi connectivity index (χ4n) is 2.46. The van der Waals surface area contributed by atoms with Crippen LogP contribution in [0.5, 0.6) is 0 Å². The summed E-state index contributed by atoms with van der Waals surface area (Å²) in [5, 5.41) is 1.60. The van der Waals surface area contributed by atoms with Crippen LogP contribution in [0.1, 0.15) is 37.7 Å². The molecule has 0 spiro atoms. The highest BCUT2D eigenvalue weighted by Gasteiger charge is 2.20. The Labute approximate surface area is 94.8 Å². The average Bonchev–Trinajstić information content (AvgIpc) is 2.30. The second-order valence-electron chi connectivity index (χ2n) is 4.74. The van der Waals surface area contributed by atoms with Crippen molar-refractivity contribution in [1.29, 1.82) is 0 Å². The van der Waals surface area contributed by atoms with Crippen LogP contribution >= 0.6 is 7.92 Å². The van der Waals surface area contributed by atoms with E-state index in [2.05, 4.69) is 37.9 Å². The minimum Gasteiger partial charge on any atom is -0.0753 e. The molecule has 0 nitrogen and oxygen atoms in total. The van der Waals surface area contributed by atoms with Gasteiger partial charge >= 0.3 is 0 Å². The molecule has 0 radical (unpaired) electrons. The Hall–Kier alpha value is -0.350. The van der Waals surface area contributed by atoms with Gasteiger partial charge < -0.3 is 0 Å². The maximum Gasteiger partial charge on any atom is -0.0171 e. The summed E-state index contributed by atoms with van der Waals surface area (Å²) in [6.45, 7) is 4.64. The van der Waals surface area contributed by atoms with E-state index in [1.165, 1.54) is 37.7 Å². The molecule has 1 aliphatic carbocycles. The molecule has 1 heteroatoms. The second-order valence-corrected chi connectivity index (χ2v) is 7.21. The third kappa shape index (κ3) is 2.82. The number of hydrogen-bond acceptors (Lipinski definition) is 0. The fourth-order valence-corrected chi connectivity index (χ4v) is 4.64. The van der Waals surface area contributed by atoms with Gasteiger partial charge in [0.1, 0.15) is 0 Å². The summed E-state index contributed by atoms with van der Waals surface area (Å²) < 4.78 is 0. The zero-order valence-electron chi connectivity index (χ0n) is 9.87. The minimum atomic E-state index is 0.0938. The van der Waals surface area contributed by atoms with Crippen LogP contribution in [0.15, 0.2) is 24.3 Å². The van der Waals surface area contributed by atoms with E-state index in [9.17, 15) is 0 Å². The summed E-state index contributed by atoms with van der Waals surface area (Å²) in [6, 6.07) is 9.21. The van der Waals surface area contributed by atoms with Crippen molar-refractivity contribution in [2.75, 3.05) is 6.66 Å². The molecule has 15 heavy (non-hydrogen) atoms. The highest BCUT2D eigenvalue weighted by atomic mass is 31.1. The third-order valence-electron chi connectivity index (χ3n) is 3.56. The summed E-state index contributed by atoms with van der Waals surface area (Å²) in [4.78, 5) is 0. The maximum atomic E-state index is 2.47. The lowest BCUT2D eigenvalue weighted by Crippen LogP contribution is -2.16. The Bertz CT molecular complexity index is 296. The zero-order valence-corrected chi connectivity index (χ0v) is 10.8. The van der Waals surface area contributed by atoms with E-state index in [0.717, 1.165) is 5.66 Å². The standard InChI is InChI=1S/C14H21P/c1-12-8-10-14(11-9-12)15(2)13-6-4-3-5-7-13/h8-11,13H,3-7H2,1-2H3. The fraction of sp³-hybridized carbons (Fsp3) is 0.571. The normalized spacial score (nSPS) is 20.1. The number of rotatable bonds is 2. The van der Waals surface area contributed by atoms with E-state index in [1.807, 2.05) is 0 Å². The topological polar surface area (TPSA) is 0 Å². The van der Waals surface area contributed by atoms with Crippen LogP contribution in [0, 0.1) is 6.92 Å². The molecule has 0 N–H and O–H groups in total. The molecule has 82 valence electrons. The van der Waals surface area contributed by atoms with Gasteiger partial charge in [0.05, 0.1) is 0 Å². The zero-order chi connectivity index (χ0) is 10.7. The Kier molecular flexibility index (Phi) is 3.81. The van der Waals surface area contributed by atoms with Gasteiger partial charge in [-0.2, -0.15) is 0 Å². The van der Waals surface area contributed by atoms with Crippen molar-refractivity contribution < 1.29 is 0 Å². The highest BCUT2D eigenvalue weighted by Crippen LogP contribution is 2.43. The van der Waals surface area contributed by atoms with Crippen LogP contribution in [-0.4, -0.2) is 12.3 Å². The SMILES string of the molecule is Cc1ccc(P(C)C2CCCCC2)cc1. The van der Waals surface area contributed by atoms with Gasteiger partial charge in [0.2, 0.25) is 0 Å². The number of benzene rings is 1. The largest absolute Gasteiger partial charge is 0.0753 e. The molecule has 0 amide bonds. The van der Waals surface area contributed by atoms with E-state index in [0.29, 0.717) is 0 Å². The van der Waals surface area contributed by atoms with Crippen molar-refractivity contribution in [3.05, 3.63) is 29.8 Å². The first-order chi connectivity index (χ1) is 7.27. The molecule has 0 heterocycles. The van der Waals surface area contributed by atoms with Gasteiger partial charge in [0.25, 0.3) is 0 Å². The lowest BCUT2D eigenvalue weighted by atomic mass is 10.0. The number of aryl methyl sites for hydroxylation is 1. The summed E-state index contributed by atoms with van der Waals surface area (Å²) in [5.74, 6) is 0. The van der Waals surface area contributed by atoms with Crippen LogP contribution in [0.2, 0.25) is 0 Å². The smallest absolute Gasteiger partial charge is 0.0171 e. The second kappa shape index (κ2) is 5.12. The first-order valence-electron chi connectivity index (χ1n) is 6.07. The predicted octanol–water partition coefficient (Wildman–Crippen LogP) is 4.06. The first-order valence-corrected chi connectivity index (χ1v) is 7.92. The molecule has 0 saturated heterocycles. The Morgan fingerprint density at radius 3 is 2.20 bits per heavy atom. The lowest BCUT2D eigenvalue weighted by molar-refractivity contribution is 0.512. The quantitative estimate of drug-likeness (QED) is 0.659. The molecule has 1 atom stereocenters. The van der Waals surface area contributed by atoms with Gasteiger partial charge in [-0.3, -0.25) is 0 Å². The van der Waals surface area contributed by atoms with Crippen molar-refractivity contribution in [1.82, 2.24) is 0 Å². The van der Waals surface area contributed by atoms with Crippen LogP contribution in [0.4, 0.5) is 0 Å². The molecule has 1 saturated carbocycles.